The van der Waals surface area contributed by atoms with Gasteiger partial charge in [0, 0.05) is 5.02 Å². The van der Waals surface area contributed by atoms with Gasteiger partial charge in [-0.2, -0.15) is 0 Å². The highest BCUT2D eigenvalue weighted by molar-refractivity contribution is 6.58. The smallest absolute Gasteiger partial charge is 0.423 e. The topological polar surface area (TPSA) is 40.5 Å². The number of hydrogen-bond donors (Lipinski definition) is 2. The standard InChI is InChI=1S/C10H14BClO2/c1-10(2,3)8-6-7(11(13)14)4-5-9(8)12/h4-6,13-14H,1-3H3. The minimum atomic E-state index is -1.44. The van der Waals surface area contributed by atoms with Crippen molar-refractivity contribution in [3.8, 4) is 0 Å². The van der Waals surface area contributed by atoms with Crippen LogP contribution in [0.2, 0.25) is 5.02 Å². The van der Waals surface area contributed by atoms with Gasteiger partial charge < -0.3 is 10.0 Å². The van der Waals surface area contributed by atoms with Gasteiger partial charge in [0.25, 0.3) is 0 Å². The summed E-state index contributed by atoms with van der Waals surface area (Å²) in [6, 6.07) is 5.03. The molecule has 0 spiro atoms. The number of halogens is 1. The third kappa shape index (κ3) is 2.50. The second-order valence-corrected chi connectivity index (χ2v) is 4.77. The first-order valence-electron chi connectivity index (χ1n) is 4.48. The van der Waals surface area contributed by atoms with Gasteiger partial charge in [0.15, 0.2) is 0 Å². The summed E-state index contributed by atoms with van der Waals surface area (Å²) in [6.45, 7) is 6.09. The third-order valence-electron chi connectivity index (χ3n) is 2.10. The van der Waals surface area contributed by atoms with Crippen molar-refractivity contribution in [2.45, 2.75) is 26.2 Å². The molecule has 0 amide bonds. The van der Waals surface area contributed by atoms with Gasteiger partial charge in [-0.25, -0.2) is 0 Å². The molecule has 0 aromatic heterocycles. The molecule has 1 rings (SSSR count). The molecule has 0 saturated carbocycles. The summed E-state index contributed by atoms with van der Waals surface area (Å²) in [5, 5.41) is 18.7. The average Bonchev–Trinajstić information content (AvgIpc) is 2.02. The summed E-state index contributed by atoms with van der Waals surface area (Å²) in [5.74, 6) is 0. The lowest BCUT2D eigenvalue weighted by atomic mass is 9.76. The Balaban J connectivity index is 3.22. The van der Waals surface area contributed by atoms with Crippen molar-refractivity contribution in [1.29, 1.82) is 0 Å². The molecule has 76 valence electrons. The highest BCUT2D eigenvalue weighted by Gasteiger charge is 2.20. The molecule has 0 bridgehead atoms. The van der Waals surface area contributed by atoms with Gasteiger partial charge in [-0.05, 0) is 22.5 Å². The first-order valence-corrected chi connectivity index (χ1v) is 4.86. The molecular formula is C10H14BClO2. The van der Waals surface area contributed by atoms with Crippen LogP contribution in [0.25, 0.3) is 0 Å². The molecule has 0 aliphatic carbocycles. The lowest BCUT2D eigenvalue weighted by molar-refractivity contribution is 0.425. The van der Waals surface area contributed by atoms with E-state index in [0.29, 0.717) is 10.5 Å². The Morgan fingerprint density at radius 3 is 2.21 bits per heavy atom. The highest BCUT2D eigenvalue weighted by atomic mass is 35.5. The fourth-order valence-corrected chi connectivity index (χ4v) is 1.68. The van der Waals surface area contributed by atoms with Gasteiger partial charge in [0.1, 0.15) is 0 Å². The van der Waals surface area contributed by atoms with Crippen LogP contribution >= 0.6 is 11.6 Å². The minimum absolute atomic E-state index is 0.0953. The summed E-state index contributed by atoms with van der Waals surface area (Å²) >= 11 is 6.02. The SMILES string of the molecule is CC(C)(C)c1cc(B(O)O)ccc1Cl. The van der Waals surface area contributed by atoms with E-state index >= 15 is 0 Å². The molecule has 14 heavy (non-hydrogen) atoms. The maximum Gasteiger partial charge on any atom is 0.488 e. The molecule has 1 aromatic rings. The highest BCUT2D eigenvalue weighted by Crippen LogP contribution is 2.28. The van der Waals surface area contributed by atoms with E-state index in [1.165, 1.54) is 0 Å². The average molecular weight is 212 g/mol. The van der Waals surface area contributed by atoms with Crippen molar-refractivity contribution in [2.24, 2.45) is 0 Å². The summed E-state index contributed by atoms with van der Waals surface area (Å²) in [4.78, 5) is 0. The molecule has 0 radical (unpaired) electrons. The third-order valence-corrected chi connectivity index (χ3v) is 2.43. The summed E-state index contributed by atoms with van der Waals surface area (Å²) in [5.41, 5.74) is 1.30. The van der Waals surface area contributed by atoms with E-state index in [2.05, 4.69) is 0 Å². The molecule has 4 heteroatoms. The Bertz CT molecular complexity index is 331. The Hall–Kier alpha value is -0.505. The van der Waals surface area contributed by atoms with Crippen LogP contribution in [-0.2, 0) is 5.41 Å². The summed E-state index contributed by atoms with van der Waals surface area (Å²) < 4.78 is 0. The Morgan fingerprint density at radius 1 is 1.21 bits per heavy atom. The predicted octanol–water partition coefficient (Wildman–Crippen LogP) is 1.32. The molecule has 0 unspecified atom stereocenters. The molecule has 0 aliphatic rings. The van der Waals surface area contributed by atoms with Crippen LogP contribution in [0.5, 0.6) is 0 Å². The molecule has 0 fully saturated rings. The normalized spacial score (nSPS) is 11.6. The van der Waals surface area contributed by atoms with E-state index in [9.17, 15) is 0 Å². The Kier molecular flexibility index (Phi) is 3.25. The van der Waals surface area contributed by atoms with Gasteiger partial charge in [0.2, 0.25) is 0 Å². The van der Waals surface area contributed by atoms with E-state index in [1.54, 1.807) is 18.2 Å². The molecule has 2 N–H and O–H groups in total. The van der Waals surface area contributed by atoms with Gasteiger partial charge >= 0.3 is 7.12 Å². The number of hydrogen-bond acceptors (Lipinski definition) is 2. The van der Waals surface area contributed by atoms with Crippen LogP contribution in [0.1, 0.15) is 26.3 Å². The molecule has 0 heterocycles. The first-order chi connectivity index (χ1) is 6.32. The second kappa shape index (κ2) is 3.93. The summed E-state index contributed by atoms with van der Waals surface area (Å²) in [7, 11) is -1.44. The maximum atomic E-state index is 9.02. The van der Waals surface area contributed by atoms with Crippen molar-refractivity contribution in [1.82, 2.24) is 0 Å². The Labute approximate surface area is 89.7 Å². The minimum Gasteiger partial charge on any atom is -0.423 e. The zero-order chi connectivity index (χ0) is 10.9. The van der Waals surface area contributed by atoms with E-state index in [4.69, 9.17) is 21.6 Å². The van der Waals surface area contributed by atoms with Gasteiger partial charge in [-0.1, -0.05) is 44.5 Å². The molecular weight excluding hydrogens is 198 g/mol. The lowest BCUT2D eigenvalue weighted by Crippen LogP contribution is -2.31. The molecule has 1 aromatic carbocycles. The molecule has 0 atom stereocenters. The monoisotopic (exact) mass is 212 g/mol. The number of rotatable bonds is 1. The number of benzene rings is 1. The fourth-order valence-electron chi connectivity index (χ4n) is 1.28. The molecule has 2 nitrogen and oxygen atoms in total. The van der Waals surface area contributed by atoms with E-state index in [0.717, 1.165) is 5.56 Å². The van der Waals surface area contributed by atoms with Crippen molar-refractivity contribution >= 4 is 24.2 Å². The van der Waals surface area contributed by atoms with Crippen LogP contribution in [-0.4, -0.2) is 17.2 Å². The largest absolute Gasteiger partial charge is 0.488 e. The zero-order valence-electron chi connectivity index (χ0n) is 8.58. The van der Waals surface area contributed by atoms with Crippen LogP contribution in [0.15, 0.2) is 18.2 Å². The van der Waals surface area contributed by atoms with Gasteiger partial charge in [0.05, 0.1) is 0 Å². The molecule has 0 aliphatic heterocycles. The van der Waals surface area contributed by atoms with Crippen LogP contribution < -0.4 is 5.46 Å². The quantitative estimate of drug-likeness (QED) is 0.689. The van der Waals surface area contributed by atoms with Crippen molar-refractivity contribution in [3.63, 3.8) is 0 Å². The van der Waals surface area contributed by atoms with Crippen molar-refractivity contribution in [2.75, 3.05) is 0 Å². The van der Waals surface area contributed by atoms with Crippen LogP contribution in [0, 0.1) is 0 Å². The van der Waals surface area contributed by atoms with E-state index < -0.39 is 7.12 Å². The molecule has 0 saturated heterocycles. The van der Waals surface area contributed by atoms with E-state index in [-0.39, 0.29) is 5.41 Å². The lowest BCUT2D eigenvalue weighted by Gasteiger charge is -2.21. The summed E-state index contributed by atoms with van der Waals surface area (Å²) in [6.07, 6.45) is 0. The van der Waals surface area contributed by atoms with Crippen molar-refractivity contribution < 1.29 is 10.0 Å². The first kappa shape index (κ1) is 11.6. The fraction of sp³-hybridized carbons (Fsp3) is 0.400. The Morgan fingerprint density at radius 2 is 1.79 bits per heavy atom. The zero-order valence-corrected chi connectivity index (χ0v) is 9.34. The van der Waals surface area contributed by atoms with Crippen LogP contribution in [0.4, 0.5) is 0 Å². The maximum absolute atomic E-state index is 9.02. The predicted molar refractivity (Wildman–Crippen MR) is 60.0 cm³/mol. The second-order valence-electron chi connectivity index (χ2n) is 4.36. The van der Waals surface area contributed by atoms with E-state index in [1.807, 2.05) is 20.8 Å². The van der Waals surface area contributed by atoms with Crippen molar-refractivity contribution in [3.05, 3.63) is 28.8 Å². The van der Waals surface area contributed by atoms with Gasteiger partial charge in [-0.15, -0.1) is 0 Å². The van der Waals surface area contributed by atoms with Gasteiger partial charge in [-0.3, -0.25) is 0 Å². The van der Waals surface area contributed by atoms with Crippen LogP contribution in [0.3, 0.4) is 0 Å².